The molecule has 0 aliphatic carbocycles. The highest BCUT2D eigenvalue weighted by Gasteiger charge is 2.28. The van der Waals surface area contributed by atoms with Crippen molar-refractivity contribution >= 4 is 15.9 Å². The lowest BCUT2D eigenvalue weighted by atomic mass is 9.92. The molecule has 0 aliphatic heterocycles. The van der Waals surface area contributed by atoms with Gasteiger partial charge in [0.15, 0.2) is 0 Å². The Kier molecular flexibility index (Phi) is 5.76. The molecule has 0 saturated carbocycles. The van der Waals surface area contributed by atoms with Crippen LogP contribution in [0.15, 0.2) is 22.7 Å². The van der Waals surface area contributed by atoms with E-state index >= 15 is 0 Å². The summed E-state index contributed by atoms with van der Waals surface area (Å²) in [6, 6.07) is 5.12. The number of likely N-dealkylation sites (N-methyl/N-ethyl adjacent to an activating group) is 1. The van der Waals surface area contributed by atoms with Crippen molar-refractivity contribution in [2.24, 2.45) is 0 Å². The second kappa shape index (κ2) is 6.64. The fourth-order valence-corrected chi connectivity index (χ4v) is 2.43. The maximum Gasteiger partial charge on any atom is 0.124 e. The van der Waals surface area contributed by atoms with Crippen molar-refractivity contribution in [1.82, 2.24) is 5.32 Å². The first-order chi connectivity index (χ1) is 8.39. The van der Waals surface area contributed by atoms with Crippen LogP contribution in [0.2, 0.25) is 0 Å². The number of methoxy groups -OCH3 is 1. The molecule has 0 fully saturated rings. The van der Waals surface area contributed by atoms with Gasteiger partial charge in [0.2, 0.25) is 0 Å². The molecule has 0 saturated heterocycles. The van der Waals surface area contributed by atoms with E-state index in [-0.39, 0.29) is 17.5 Å². The van der Waals surface area contributed by atoms with Crippen LogP contribution < -0.4 is 5.32 Å². The van der Waals surface area contributed by atoms with E-state index in [9.17, 15) is 4.39 Å². The Morgan fingerprint density at radius 2 is 2.06 bits per heavy atom. The fraction of sp³-hybridized carbons (Fsp3) is 0.571. The zero-order chi connectivity index (χ0) is 13.8. The Bertz CT molecular complexity index is 375. The Morgan fingerprint density at radius 1 is 1.39 bits per heavy atom. The largest absolute Gasteiger partial charge is 0.377 e. The van der Waals surface area contributed by atoms with Crippen LogP contribution in [0.1, 0.15) is 26.3 Å². The van der Waals surface area contributed by atoms with Gasteiger partial charge in [-0.05, 0) is 50.6 Å². The van der Waals surface area contributed by atoms with Crippen LogP contribution in [0, 0.1) is 5.82 Å². The van der Waals surface area contributed by atoms with E-state index in [1.165, 1.54) is 6.07 Å². The van der Waals surface area contributed by atoms with Crippen molar-refractivity contribution < 1.29 is 9.13 Å². The van der Waals surface area contributed by atoms with Gasteiger partial charge >= 0.3 is 0 Å². The van der Waals surface area contributed by atoms with Gasteiger partial charge in [-0.3, -0.25) is 0 Å². The summed E-state index contributed by atoms with van der Waals surface area (Å²) >= 11 is 3.32. The predicted molar refractivity (Wildman–Crippen MR) is 76.4 cm³/mol. The Labute approximate surface area is 117 Å². The molecular weight excluding hydrogens is 297 g/mol. The van der Waals surface area contributed by atoms with Gasteiger partial charge in [0.05, 0.1) is 5.60 Å². The lowest BCUT2D eigenvalue weighted by Gasteiger charge is -2.34. The van der Waals surface area contributed by atoms with Crippen LogP contribution in [0.25, 0.3) is 0 Å². The van der Waals surface area contributed by atoms with Gasteiger partial charge in [0, 0.05) is 17.6 Å². The van der Waals surface area contributed by atoms with Crippen molar-refractivity contribution in [3.8, 4) is 0 Å². The molecule has 0 bridgehead atoms. The van der Waals surface area contributed by atoms with E-state index in [2.05, 4.69) is 28.2 Å². The molecule has 1 atom stereocenters. The van der Waals surface area contributed by atoms with Gasteiger partial charge in [0.1, 0.15) is 5.82 Å². The molecule has 1 rings (SSSR count). The van der Waals surface area contributed by atoms with Gasteiger partial charge in [-0.1, -0.05) is 22.9 Å². The number of benzene rings is 1. The first-order valence-electron chi connectivity index (χ1n) is 6.12. The number of hydrogen-bond acceptors (Lipinski definition) is 2. The van der Waals surface area contributed by atoms with E-state index in [0.29, 0.717) is 0 Å². The maximum absolute atomic E-state index is 13.4. The predicted octanol–water partition coefficient (Wildman–Crippen LogP) is 3.53. The summed E-state index contributed by atoms with van der Waals surface area (Å²) in [5, 5.41) is 3.40. The zero-order valence-electron chi connectivity index (χ0n) is 11.4. The molecule has 2 nitrogen and oxygen atoms in total. The van der Waals surface area contributed by atoms with E-state index in [1.54, 1.807) is 13.2 Å². The van der Waals surface area contributed by atoms with Crippen molar-refractivity contribution in [2.75, 3.05) is 13.7 Å². The molecule has 0 spiro atoms. The van der Waals surface area contributed by atoms with Crippen LogP contribution >= 0.6 is 15.9 Å². The average Bonchev–Trinajstić information content (AvgIpc) is 2.27. The molecule has 0 aromatic heterocycles. The Balaban J connectivity index is 2.89. The molecule has 0 amide bonds. The molecule has 1 aromatic rings. The summed E-state index contributed by atoms with van der Waals surface area (Å²) in [6.45, 7) is 6.98. The molecule has 0 heterocycles. The lowest BCUT2D eigenvalue weighted by molar-refractivity contribution is -0.00962. The molecular formula is C14H21BrFNO. The Hall–Kier alpha value is -0.450. The standard InChI is InChI=1S/C14H21BrFNO/c1-5-17-13(14(2,3)18-4)8-10-6-11(15)9-12(16)7-10/h6-7,9,13,17H,5,8H2,1-4H3. The van der Waals surface area contributed by atoms with Crippen LogP contribution in [-0.4, -0.2) is 25.3 Å². The second-order valence-electron chi connectivity index (χ2n) is 4.90. The van der Waals surface area contributed by atoms with Gasteiger partial charge in [-0.2, -0.15) is 0 Å². The molecule has 0 aliphatic rings. The quantitative estimate of drug-likeness (QED) is 0.866. The summed E-state index contributed by atoms with van der Waals surface area (Å²) in [4.78, 5) is 0. The van der Waals surface area contributed by atoms with Gasteiger partial charge in [-0.15, -0.1) is 0 Å². The number of rotatable bonds is 6. The summed E-state index contributed by atoms with van der Waals surface area (Å²) in [6.07, 6.45) is 0.727. The molecule has 1 N–H and O–H groups in total. The van der Waals surface area contributed by atoms with Crippen molar-refractivity contribution in [3.05, 3.63) is 34.1 Å². The normalized spacial score (nSPS) is 13.7. The smallest absolute Gasteiger partial charge is 0.124 e. The lowest BCUT2D eigenvalue weighted by Crippen LogP contribution is -2.49. The third-order valence-corrected chi connectivity index (χ3v) is 3.64. The van der Waals surface area contributed by atoms with Crippen LogP contribution in [0.3, 0.4) is 0 Å². The zero-order valence-corrected chi connectivity index (χ0v) is 13.0. The van der Waals surface area contributed by atoms with Gasteiger partial charge in [-0.25, -0.2) is 4.39 Å². The van der Waals surface area contributed by atoms with E-state index < -0.39 is 0 Å². The van der Waals surface area contributed by atoms with Crippen LogP contribution in [0.5, 0.6) is 0 Å². The summed E-state index contributed by atoms with van der Waals surface area (Å²) in [7, 11) is 1.70. The highest BCUT2D eigenvalue weighted by atomic mass is 79.9. The summed E-state index contributed by atoms with van der Waals surface area (Å²) in [5.41, 5.74) is 0.660. The van der Waals surface area contributed by atoms with E-state index in [4.69, 9.17) is 4.74 Å². The first kappa shape index (κ1) is 15.6. The fourth-order valence-electron chi connectivity index (χ4n) is 1.92. The SMILES string of the molecule is CCNC(Cc1cc(F)cc(Br)c1)C(C)(C)OC. The number of nitrogens with one attached hydrogen (secondary N) is 1. The molecule has 1 aromatic carbocycles. The monoisotopic (exact) mass is 317 g/mol. The minimum atomic E-state index is -0.297. The first-order valence-corrected chi connectivity index (χ1v) is 6.92. The third kappa shape index (κ3) is 4.34. The van der Waals surface area contributed by atoms with E-state index in [1.807, 2.05) is 19.9 Å². The molecule has 4 heteroatoms. The highest BCUT2D eigenvalue weighted by Crippen LogP contribution is 2.21. The molecule has 1 unspecified atom stereocenters. The van der Waals surface area contributed by atoms with Crippen LogP contribution in [0.4, 0.5) is 4.39 Å². The number of halogens is 2. The third-order valence-electron chi connectivity index (χ3n) is 3.18. The Morgan fingerprint density at radius 3 is 2.56 bits per heavy atom. The minimum Gasteiger partial charge on any atom is -0.377 e. The summed E-state index contributed by atoms with van der Waals surface area (Å²) < 4.78 is 19.6. The average molecular weight is 318 g/mol. The second-order valence-corrected chi connectivity index (χ2v) is 5.82. The summed E-state index contributed by atoms with van der Waals surface area (Å²) in [5.74, 6) is -0.218. The van der Waals surface area contributed by atoms with Crippen molar-refractivity contribution in [3.63, 3.8) is 0 Å². The number of hydrogen-bond donors (Lipinski definition) is 1. The molecule has 0 radical (unpaired) electrons. The van der Waals surface area contributed by atoms with Gasteiger partial charge in [0.25, 0.3) is 0 Å². The van der Waals surface area contributed by atoms with Crippen molar-refractivity contribution in [1.29, 1.82) is 0 Å². The van der Waals surface area contributed by atoms with Crippen molar-refractivity contribution in [2.45, 2.75) is 38.8 Å². The van der Waals surface area contributed by atoms with Crippen LogP contribution in [-0.2, 0) is 11.2 Å². The topological polar surface area (TPSA) is 21.3 Å². The molecule has 102 valence electrons. The van der Waals surface area contributed by atoms with E-state index in [0.717, 1.165) is 23.0 Å². The minimum absolute atomic E-state index is 0.140. The number of ether oxygens (including phenoxy) is 1. The van der Waals surface area contributed by atoms with Gasteiger partial charge < -0.3 is 10.1 Å². The maximum atomic E-state index is 13.4. The molecule has 18 heavy (non-hydrogen) atoms. The highest BCUT2D eigenvalue weighted by molar-refractivity contribution is 9.10.